The maximum absolute atomic E-state index is 12.5. The number of hydrogen-bond acceptors (Lipinski definition) is 17. The Labute approximate surface area is 333 Å². The highest BCUT2D eigenvalue weighted by atomic mass is 35.5. The van der Waals surface area contributed by atoms with Gasteiger partial charge in [0, 0.05) is 22.5 Å². The van der Waals surface area contributed by atoms with Gasteiger partial charge in [-0.1, -0.05) is 11.6 Å². The predicted molar refractivity (Wildman–Crippen MR) is 212 cm³/mol. The normalized spacial score (nSPS) is 12.6. The van der Waals surface area contributed by atoms with Gasteiger partial charge in [-0.3, -0.25) is 13.7 Å². The fraction of sp³-hybridized carbons (Fsp3) is 0. The number of rotatable bonds is 11. The van der Waals surface area contributed by atoms with Crippen molar-refractivity contribution in [2.24, 2.45) is 30.7 Å². The lowest BCUT2D eigenvalue weighted by Gasteiger charge is -2.14. The van der Waals surface area contributed by atoms with Crippen LogP contribution in [0.2, 0.25) is 5.02 Å². The quantitative estimate of drug-likeness (QED) is 0.0343. The van der Waals surface area contributed by atoms with Crippen LogP contribution in [0, 0.1) is 0 Å². The molecule has 0 aliphatic carbocycles. The molecule has 0 radical (unpaired) electrons. The number of nitrogen functional groups attached to an aromatic ring is 2. The van der Waals surface area contributed by atoms with Crippen LogP contribution in [0.1, 0.15) is 0 Å². The molecule has 58 heavy (non-hydrogen) atoms. The number of fused-ring (bicyclic) bond motifs is 1. The second-order valence-electron chi connectivity index (χ2n) is 11.9. The van der Waals surface area contributed by atoms with E-state index in [1.165, 1.54) is 78.9 Å². The van der Waals surface area contributed by atoms with Crippen LogP contribution < -0.4 is 16.8 Å². The van der Waals surface area contributed by atoms with E-state index in [-0.39, 0.29) is 28.5 Å². The van der Waals surface area contributed by atoms with E-state index in [9.17, 15) is 49.1 Å². The number of nitrogens with two attached hydrogens (primary N) is 2. The minimum atomic E-state index is -5.22. The van der Waals surface area contributed by atoms with Crippen LogP contribution in [0.3, 0.4) is 0 Å². The maximum Gasteiger partial charge on any atom is 0.296 e. The van der Waals surface area contributed by atoms with Crippen LogP contribution in [0.5, 0.6) is 11.5 Å². The minimum Gasteiger partial charge on any atom is -0.506 e. The van der Waals surface area contributed by atoms with E-state index in [1.807, 2.05) is 0 Å². The Morgan fingerprint density at radius 2 is 1.07 bits per heavy atom. The van der Waals surface area contributed by atoms with Crippen LogP contribution in [0.4, 0.5) is 56.9 Å². The summed E-state index contributed by atoms with van der Waals surface area (Å²) in [5, 5.41) is 46.8. The van der Waals surface area contributed by atoms with E-state index in [1.54, 1.807) is 0 Å². The lowest BCUT2D eigenvalue weighted by Crippen LogP contribution is -2.04. The first-order valence-electron chi connectivity index (χ1n) is 15.8. The van der Waals surface area contributed by atoms with Crippen molar-refractivity contribution in [3.05, 3.63) is 102 Å². The van der Waals surface area contributed by atoms with Crippen molar-refractivity contribution in [3.8, 4) is 11.5 Å². The summed E-state index contributed by atoms with van der Waals surface area (Å²) in [6.07, 6.45) is 0. The second-order valence-corrected chi connectivity index (χ2v) is 16.5. The van der Waals surface area contributed by atoms with Crippen LogP contribution >= 0.6 is 11.6 Å². The molecule has 24 heteroatoms. The predicted octanol–water partition coefficient (Wildman–Crippen LogP) is 8.80. The number of azo groups is 3. The molecule has 0 saturated carbocycles. The van der Waals surface area contributed by atoms with Gasteiger partial charge in [0.2, 0.25) is 0 Å². The molecule has 0 aliphatic heterocycles. The molecule has 0 amide bonds. The highest BCUT2D eigenvalue weighted by Gasteiger charge is 2.28. The van der Waals surface area contributed by atoms with Gasteiger partial charge < -0.3 is 27.0 Å². The number of benzene rings is 6. The summed E-state index contributed by atoms with van der Waals surface area (Å²) in [6.45, 7) is 0. The molecule has 6 aromatic carbocycles. The first kappa shape index (κ1) is 41.0. The van der Waals surface area contributed by atoms with Gasteiger partial charge in [0.05, 0.1) is 33.8 Å². The zero-order valence-electron chi connectivity index (χ0n) is 28.9. The van der Waals surface area contributed by atoms with Gasteiger partial charge in [-0.15, -0.1) is 15.3 Å². The average Bonchev–Trinajstić information content (AvgIpc) is 3.14. The van der Waals surface area contributed by atoms with E-state index in [4.69, 9.17) is 23.1 Å². The Balaban J connectivity index is 1.37. The molecule has 0 bridgehead atoms. The molecule has 0 spiro atoms. The Morgan fingerprint density at radius 3 is 1.66 bits per heavy atom. The van der Waals surface area contributed by atoms with Gasteiger partial charge in [0.25, 0.3) is 30.4 Å². The van der Waals surface area contributed by atoms with Crippen molar-refractivity contribution in [3.63, 3.8) is 0 Å². The molecular weight excluding hydrogens is 842 g/mol. The van der Waals surface area contributed by atoms with Gasteiger partial charge in [0.1, 0.15) is 37.5 Å². The molecule has 298 valence electrons. The molecule has 10 N–H and O–H groups in total. The molecule has 0 saturated heterocycles. The van der Waals surface area contributed by atoms with Crippen LogP contribution in [-0.4, -0.2) is 49.1 Å². The van der Waals surface area contributed by atoms with Crippen molar-refractivity contribution < 1.29 is 49.1 Å². The van der Waals surface area contributed by atoms with Crippen LogP contribution in [-0.2, 0) is 30.4 Å². The average molecular weight is 868 g/mol. The molecule has 6 rings (SSSR count). The summed E-state index contributed by atoms with van der Waals surface area (Å²) in [5.41, 5.74) is 10.5. The first-order valence-corrected chi connectivity index (χ1v) is 20.5. The van der Waals surface area contributed by atoms with Gasteiger partial charge in [-0.25, -0.2) is 0 Å². The summed E-state index contributed by atoms with van der Waals surface area (Å²) in [5.74, 6) is -1.18. The molecular formula is C34H26ClN9O11S3. The third kappa shape index (κ3) is 9.16. The van der Waals surface area contributed by atoms with Crippen LogP contribution in [0.25, 0.3) is 10.8 Å². The summed E-state index contributed by atoms with van der Waals surface area (Å²) in [4.78, 5) is -2.73. The number of nitrogens with one attached hydrogen (secondary N) is 1. The third-order valence-electron chi connectivity index (χ3n) is 7.89. The monoisotopic (exact) mass is 867 g/mol. The SMILES string of the molecule is Nc1ccc(/N=N/c2ccc(Nc3ccc(/N=N/c4c(S(=O)(=O)O)cc5cc(S(=O)(=O)O)c(/N=N/c6ccc(Cl)cc6)c(O)c5c4N)cc3S(=O)(=O)O)cc2)c(O)c1. The number of anilines is 4. The second kappa shape index (κ2) is 15.7. The molecule has 0 unspecified atom stereocenters. The van der Waals surface area contributed by atoms with E-state index < -0.39 is 78.6 Å². The van der Waals surface area contributed by atoms with Crippen molar-refractivity contribution >= 4 is 110 Å². The van der Waals surface area contributed by atoms with Crippen molar-refractivity contribution in [1.82, 2.24) is 0 Å². The van der Waals surface area contributed by atoms with Crippen molar-refractivity contribution in [2.75, 3.05) is 16.8 Å². The first-order chi connectivity index (χ1) is 27.2. The fourth-order valence-corrected chi connectivity index (χ4v) is 7.34. The largest absolute Gasteiger partial charge is 0.506 e. The van der Waals surface area contributed by atoms with E-state index in [0.717, 1.165) is 12.1 Å². The molecule has 0 fully saturated rings. The Morgan fingerprint density at radius 1 is 0.552 bits per heavy atom. The summed E-state index contributed by atoms with van der Waals surface area (Å²) < 4.78 is 105. The van der Waals surface area contributed by atoms with Gasteiger partial charge in [-0.05, 0) is 96.4 Å². The fourth-order valence-electron chi connectivity index (χ4n) is 5.22. The van der Waals surface area contributed by atoms with Crippen molar-refractivity contribution in [1.29, 1.82) is 0 Å². The van der Waals surface area contributed by atoms with E-state index in [2.05, 4.69) is 36.0 Å². The molecule has 0 aliphatic rings. The van der Waals surface area contributed by atoms with Crippen molar-refractivity contribution in [2.45, 2.75) is 14.7 Å². The standard InChI is InChI=1S/C34H26ClN9O11S3/c35-18-1-4-21(5-2-18)40-44-33-29(58(53,54)55)14-17-13-28(57(50,51)52)32(31(37)30(17)34(33)46)43-41-23-10-12-25(27(16-23)56(47,48)49)38-20-6-8-22(9-7-20)39-42-24-11-3-19(36)15-26(24)45/h1-16,38,45-46H,36-37H2,(H,47,48,49)(H,50,51,52)(H,53,54,55)/b42-39+,43-41+,44-40+. The van der Waals surface area contributed by atoms with Crippen LogP contribution in [0.15, 0.2) is 142 Å². The number of nitrogens with zero attached hydrogens (tertiary/aromatic N) is 6. The van der Waals surface area contributed by atoms with Gasteiger partial charge >= 0.3 is 0 Å². The number of aromatic hydroxyl groups is 2. The zero-order valence-corrected chi connectivity index (χ0v) is 32.1. The summed E-state index contributed by atoms with van der Waals surface area (Å²) >= 11 is 5.87. The maximum atomic E-state index is 12.5. The topological polar surface area (TPSA) is 342 Å². The molecule has 6 aromatic rings. The summed E-state index contributed by atoms with van der Waals surface area (Å²) in [6, 6.07) is 20.8. The number of phenolic OH excluding ortho intramolecular Hbond substituents is 2. The number of halogens is 1. The van der Waals surface area contributed by atoms with E-state index >= 15 is 0 Å². The molecule has 0 heterocycles. The highest BCUT2D eigenvalue weighted by Crippen LogP contribution is 2.48. The minimum absolute atomic E-state index is 0.133. The molecule has 20 nitrogen and oxygen atoms in total. The highest BCUT2D eigenvalue weighted by molar-refractivity contribution is 7.86. The lowest BCUT2D eigenvalue weighted by molar-refractivity contribution is 0.472. The Kier molecular flexibility index (Phi) is 11.1. The third-order valence-corrected chi connectivity index (χ3v) is 10.8. The Bertz CT molecular complexity index is 3060. The van der Waals surface area contributed by atoms with Gasteiger partial charge in [0.15, 0.2) is 5.75 Å². The number of hydrogen-bond donors (Lipinski definition) is 8. The van der Waals surface area contributed by atoms with Gasteiger partial charge in [-0.2, -0.15) is 40.6 Å². The Hall–Kier alpha value is -6.60. The lowest BCUT2D eigenvalue weighted by atomic mass is 10.1. The molecule has 0 atom stereocenters. The zero-order chi connectivity index (χ0) is 42.2. The molecule has 0 aromatic heterocycles. The van der Waals surface area contributed by atoms with E-state index in [0.29, 0.717) is 28.2 Å². The number of phenols is 2. The smallest absolute Gasteiger partial charge is 0.296 e. The summed E-state index contributed by atoms with van der Waals surface area (Å²) in [7, 11) is -15.3.